The largest absolute Gasteiger partial charge is 0.389 e. The van der Waals surface area contributed by atoms with Crippen LogP contribution in [-0.2, 0) is 16.0 Å². The highest BCUT2D eigenvalue weighted by atomic mass is 16.5. The van der Waals surface area contributed by atoms with Gasteiger partial charge in [0.1, 0.15) is 0 Å². The van der Waals surface area contributed by atoms with Crippen molar-refractivity contribution in [3.63, 3.8) is 0 Å². The molecule has 1 aromatic carbocycles. The van der Waals surface area contributed by atoms with E-state index in [2.05, 4.69) is 0 Å². The Bertz CT molecular complexity index is 479. The third-order valence-electron chi connectivity index (χ3n) is 3.49. The molecule has 0 saturated carbocycles. The summed E-state index contributed by atoms with van der Waals surface area (Å²) in [7, 11) is 0. The van der Waals surface area contributed by atoms with Gasteiger partial charge in [0.2, 0.25) is 0 Å². The van der Waals surface area contributed by atoms with Gasteiger partial charge in [-0.3, -0.25) is 4.79 Å². The van der Waals surface area contributed by atoms with Crippen LogP contribution in [0.4, 0.5) is 0 Å². The van der Waals surface area contributed by atoms with Gasteiger partial charge in [-0.1, -0.05) is 24.3 Å². The van der Waals surface area contributed by atoms with E-state index in [1.54, 1.807) is 18.7 Å². The Morgan fingerprint density at radius 1 is 1.45 bits per heavy atom. The topological polar surface area (TPSA) is 49.8 Å². The zero-order chi connectivity index (χ0) is 14.8. The summed E-state index contributed by atoms with van der Waals surface area (Å²) in [6.07, 6.45) is 0.305. The number of fused-ring (bicyclic) bond motifs is 1. The molecular weight excluding hydrogens is 254 g/mol. The average Bonchev–Trinajstić information content (AvgIpc) is 2.42. The molecule has 1 aliphatic heterocycles. The van der Waals surface area contributed by atoms with Crippen molar-refractivity contribution in [2.45, 2.75) is 38.9 Å². The van der Waals surface area contributed by atoms with Gasteiger partial charge in [-0.25, -0.2) is 0 Å². The lowest BCUT2D eigenvalue weighted by molar-refractivity contribution is -0.147. The van der Waals surface area contributed by atoms with Crippen molar-refractivity contribution in [2.75, 3.05) is 19.7 Å². The summed E-state index contributed by atoms with van der Waals surface area (Å²) in [4.78, 5) is 14.3. The zero-order valence-corrected chi connectivity index (χ0v) is 12.4. The monoisotopic (exact) mass is 277 g/mol. The molecule has 0 spiro atoms. The lowest BCUT2D eigenvalue weighted by Gasteiger charge is -2.33. The molecule has 0 aromatic heterocycles. The fourth-order valence-corrected chi connectivity index (χ4v) is 2.58. The Morgan fingerprint density at radius 2 is 2.15 bits per heavy atom. The third-order valence-corrected chi connectivity index (χ3v) is 3.49. The standard InChI is InChI=1S/C16H23NO3/c1-4-17(11-16(2,3)19)15(18)14-13-8-6-5-7-12(13)9-10-20-14/h5-8,14,19H,4,9-11H2,1-3H3. The molecule has 1 aliphatic rings. The molecule has 0 bridgehead atoms. The van der Waals surface area contributed by atoms with Gasteiger partial charge in [-0.15, -0.1) is 0 Å². The molecular formula is C16H23NO3. The molecule has 1 heterocycles. The van der Waals surface area contributed by atoms with Crippen LogP contribution in [-0.4, -0.2) is 41.2 Å². The Hall–Kier alpha value is -1.39. The van der Waals surface area contributed by atoms with Crippen molar-refractivity contribution in [1.29, 1.82) is 0 Å². The number of carbonyl (C=O) groups excluding carboxylic acids is 1. The first-order valence-corrected chi connectivity index (χ1v) is 7.13. The molecule has 110 valence electrons. The zero-order valence-electron chi connectivity index (χ0n) is 12.4. The maximum absolute atomic E-state index is 12.7. The highest BCUT2D eigenvalue weighted by Crippen LogP contribution is 2.28. The van der Waals surface area contributed by atoms with E-state index in [0.29, 0.717) is 19.7 Å². The van der Waals surface area contributed by atoms with Gasteiger partial charge in [-0.05, 0) is 38.3 Å². The van der Waals surface area contributed by atoms with Crippen LogP contribution >= 0.6 is 0 Å². The Labute approximate surface area is 120 Å². The number of likely N-dealkylation sites (N-methyl/N-ethyl adjacent to an activating group) is 1. The summed E-state index contributed by atoms with van der Waals surface area (Å²) in [5.74, 6) is -0.0678. The van der Waals surface area contributed by atoms with Crippen LogP contribution < -0.4 is 0 Å². The minimum atomic E-state index is -0.903. The van der Waals surface area contributed by atoms with Crippen LogP contribution in [0, 0.1) is 0 Å². The molecule has 1 aromatic rings. The van der Waals surface area contributed by atoms with E-state index in [1.807, 2.05) is 31.2 Å². The third kappa shape index (κ3) is 3.38. The highest BCUT2D eigenvalue weighted by molar-refractivity contribution is 5.83. The summed E-state index contributed by atoms with van der Waals surface area (Å²) in [5.41, 5.74) is 1.23. The number of carbonyl (C=O) groups is 1. The molecule has 1 unspecified atom stereocenters. The van der Waals surface area contributed by atoms with Crippen molar-refractivity contribution in [3.8, 4) is 0 Å². The summed E-state index contributed by atoms with van der Waals surface area (Å²) < 4.78 is 5.69. The SMILES string of the molecule is CCN(CC(C)(C)O)C(=O)C1OCCc2ccccc21. The normalized spacial score (nSPS) is 18.5. The van der Waals surface area contributed by atoms with Crippen molar-refractivity contribution in [3.05, 3.63) is 35.4 Å². The summed E-state index contributed by atoms with van der Waals surface area (Å²) in [6.45, 7) is 6.76. The Balaban J connectivity index is 2.21. The van der Waals surface area contributed by atoms with E-state index in [1.165, 1.54) is 5.56 Å². The summed E-state index contributed by atoms with van der Waals surface area (Å²) in [6, 6.07) is 7.92. The van der Waals surface area contributed by atoms with Crippen LogP contribution in [0.25, 0.3) is 0 Å². The number of aliphatic hydroxyl groups is 1. The molecule has 0 saturated heterocycles. The minimum absolute atomic E-state index is 0.0678. The Morgan fingerprint density at radius 3 is 2.80 bits per heavy atom. The highest BCUT2D eigenvalue weighted by Gasteiger charge is 2.32. The second kappa shape index (κ2) is 5.94. The number of amides is 1. The van der Waals surface area contributed by atoms with Crippen LogP contribution in [0.3, 0.4) is 0 Å². The maximum Gasteiger partial charge on any atom is 0.256 e. The molecule has 1 N–H and O–H groups in total. The van der Waals surface area contributed by atoms with Gasteiger partial charge in [0, 0.05) is 13.1 Å². The van der Waals surface area contributed by atoms with Crippen LogP contribution in [0.15, 0.2) is 24.3 Å². The molecule has 2 rings (SSSR count). The van der Waals surface area contributed by atoms with Crippen molar-refractivity contribution < 1.29 is 14.6 Å². The smallest absolute Gasteiger partial charge is 0.256 e. The first-order chi connectivity index (χ1) is 9.42. The summed E-state index contributed by atoms with van der Waals surface area (Å²) in [5, 5.41) is 9.93. The molecule has 20 heavy (non-hydrogen) atoms. The molecule has 0 aliphatic carbocycles. The lowest BCUT2D eigenvalue weighted by Crippen LogP contribution is -2.45. The molecule has 4 nitrogen and oxygen atoms in total. The second-order valence-corrected chi connectivity index (χ2v) is 5.86. The van der Waals surface area contributed by atoms with Gasteiger partial charge in [-0.2, -0.15) is 0 Å². The van der Waals surface area contributed by atoms with E-state index >= 15 is 0 Å². The van der Waals surface area contributed by atoms with E-state index in [0.717, 1.165) is 12.0 Å². The van der Waals surface area contributed by atoms with Gasteiger partial charge in [0.15, 0.2) is 6.10 Å². The first-order valence-electron chi connectivity index (χ1n) is 7.13. The van der Waals surface area contributed by atoms with Crippen molar-refractivity contribution in [1.82, 2.24) is 4.90 Å². The number of hydrogen-bond donors (Lipinski definition) is 1. The molecule has 1 amide bonds. The average molecular weight is 277 g/mol. The molecule has 0 radical (unpaired) electrons. The number of hydrogen-bond acceptors (Lipinski definition) is 3. The predicted molar refractivity (Wildman–Crippen MR) is 77.4 cm³/mol. The quantitative estimate of drug-likeness (QED) is 0.914. The van der Waals surface area contributed by atoms with Crippen molar-refractivity contribution in [2.24, 2.45) is 0 Å². The van der Waals surface area contributed by atoms with Gasteiger partial charge in [0.25, 0.3) is 5.91 Å². The lowest BCUT2D eigenvalue weighted by atomic mass is 9.96. The van der Waals surface area contributed by atoms with E-state index in [4.69, 9.17) is 4.74 Å². The molecule has 4 heteroatoms. The van der Waals surface area contributed by atoms with E-state index in [9.17, 15) is 9.90 Å². The van der Waals surface area contributed by atoms with Crippen molar-refractivity contribution >= 4 is 5.91 Å². The van der Waals surface area contributed by atoms with E-state index < -0.39 is 11.7 Å². The van der Waals surface area contributed by atoms with Crippen LogP contribution in [0.5, 0.6) is 0 Å². The fraction of sp³-hybridized carbons (Fsp3) is 0.562. The minimum Gasteiger partial charge on any atom is -0.389 e. The van der Waals surface area contributed by atoms with Gasteiger partial charge >= 0.3 is 0 Å². The maximum atomic E-state index is 12.7. The molecule has 0 fully saturated rings. The van der Waals surface area contributed by atoms with Crippen LogP contribution in [0.2, 0.25) is 0 Å². The predicted octanol–water partition coefficient (Wildman–Crippen LogP) is 1.92. The number of benzene rings is 1. The first kappa shape index (κ1) is 15.0. The fourth-order valence-electron chi connectivity index (χ4n) is 2.58. The van der Waals surface area contributed by atoms with Gasteiger partial charge < -0.3 is 14.7 Å². The van der Waals surface area contributed by atoms with Gasteiger partial charge in [0.05, 0.1) is 12.2 Å². The summed E-state index contributed by atoms with van der Waals surface area (Å²) >= 11 is 0. The Kier molecular flexibility index (Phi) is 4.45. The number of rotatable bonds is 4. The van der Waals surface area contributed by atoms with E-state index in [-0.39, 0.29) is 5.91 Å². The van der Waals surface area contributed by atoms with Crippen LogP contribution in [0.1, 0.15) is 38.0 Å². The molecule has 1 atom stereocenters. The number of nitrogens with zero attached hydrogens (tertiary/aromatic N) is 1. The second-order valence-electron chi connectivity index (χ2n) is 5.86. The number of ether oxygens (including phenoxy) is 1.